The van der Waals surface area contributed by atoms with Gasteiger partial charge in [-0.1, -0.05) is 11.8 Å². The first-order valence-corrected chi connectivity index (χ1v) is 6.55. The first-order valence-electron chi connectivity index (χ1n) is 4.69. The van der Waals surface area contributed by atoms with Crippen molar-refractivity contribution in [2.45, 2.75) is 5.16 Å². The summed E-state index contributed by atoms with van der Waals surface area (Å²) in [5.41, 5.74) is -0.0614. The molecule has 0 aromatic carbocycles. The first-order chi connectivity index (χ1) is 8.58. The van der Waals surface area contributed by atoms with Gasteiger partial charge in [0, 0.05) is 13.1 Å². The van der Waals surface area contributed by atoms with E-state index < -0.39 is 4.92 Å². The minimum absolute atomic E-state index is 0.0614. The molecule has 0 unspecified atom stereocenters. The Bertz CT molecular complexity index is 593. The molecule has 0 fully saturated rings. The molecule has 0 radical (unpaired) electrons. The summed E-state index contributed by atoms with van der Waals surface area (Å²) in [5, 5.41) is 23.2. The highest BCUT2D eigenvalue weighted by atomic mass is 32.2. The number of ketones is 1. The molecule has 2 aromatic rings. The van der Waals surface area contributed by atoms with E-state index in [-0.39, 0.29) is 17.2 Å². The maximum atomic E-state index is 11.8. The van der Waals surface area contributed by atoms with E-state index in [0.29, 0.717) is 10.0 Å². The van der Waals surface area contributed by atoms with Crippen LogP contribution in [0.4, 0.5) is 5.69 Å². The maximum absolute atomic E-state index is 11.8. The van der Waals surface area contributed by atoms with Crippen molar-refractivity contribution >= 4 is 34.6 Å². The van der Waals surface area contributed by atoms with Crippen molar-refractivity contribution in [3.63, 3.8) is 0 Å². The van der Waals surface area contributed by atoms with Gasteiger partial charge in [-0.05, 0) is 10.4 Å². The predicted octanol–water partition coefficient (Wildman–Crippen LogP) is 1.15. The van der Waals surface area contributed by atoms with E-state index >= 15 is 0 Å². The lowest BCUT2D eigenvalue weighted by atomic mass is 10.3. The molecule has 8 nitrogen and oxygen atoms in total. The lowest BCUT2D eigenvalue weighted by molar-refractivity contribution is -0.384. The van der Waals surface area contributed by atoms with Gasteiger partial charge in [0.15, 0.2) is 5.78 Å². The molecule has 0 aliphatic heterocycles. The summed E-state index contributed by atoms with van der Waals surface area (Å²) in [4.78, 5) is 22.1. The Hall–Kier alpha value is -1.81. The van der Waals surface area contributed by atoms with Gasteiger partial charge in [-0.2, -0.15) is 0 Å². The molecule has 94 valence electrons. The SMILES string of the molecule is Cn1nnnc1SCC(=O)c1cc([N+](=O)[O-])cs1. The molecule has 0 bridgehead atoms. The number of thioether (sulfide) groups is 1. The first kappa shape index (κ1) is 12.6. The Kier molecular flexibility index (Phi) is 3.67. The van der Waals surface area contributed by atoms with E-state index in [1.165, 1.54) is 27.9 Å². The van der Waals surface area contributed by atoms with Crippen LogP contribution in [0.15, 0.2) is 16.6 Å². The van der Waals surface area contributed by atoms with Gasteiger partial charge in [0.1, 0.15) is 0 Å². The van der Waals surface area contributed by atoms with Crippen molar-refractivity contribution < 1.29 is 9.72 Å². The van der Waals surface area contributed by atoms with Gasteiger partial charge in [0.2, 0.25) is 5.16 Å². The molecule has 0 saturated carbocycles. The van der Waals surface area contributed by atoms with Crippen molar-refractivity contribution in [3.05, 3.63) is 26.4 Å². The van der Waals surface area contributed by atoms with Crippen LogP contribution in [0.5, 0.6) is 0 Å². The zero-order chi connectivity index (χ0) is 13.1. The van der Waals surface area contributed by atoms with Crippen LogP contribution in [0, 0.1) is 10.1 Å². The quantitative estimate of drug-likeness (QED) is 0.351. The molecule has 0 spiro atoms. The van der Waals surface area contributed by atoms with Crippen molar-refractivity contribution in [2.75, 3.05) is 5.75 Å². The lowest BCUT2D eigenvalue weighted by Gasteiger charge is -1.96. The number of tetrazole rings is 1. The molecule has 2 rings (SSSR count). The Morgan fingerprint density at radius 3 is 3.00 bits per heavy atom. The van der Waals surface area contributed by atoms with Gasteiger partial charge < -0.3 is 0 Å². The monoisotopic (exact) mass is 285 g/mol. The van der Waals surface area contributed by atoms with Gasteiger partial charge in [-0.15, -0.1) is 16.4 Å². The predicted molar refractivity (Wildman–Crippen MR) is 64.8 cm³/mol. The molecule has 2 heterocycles. The van der Waals surface area contributed by atoms with Crippen molar-refractivity contribution in [1.29, 1.82) is 0 Å². The molecule has 18 heavy (non-hydrogen) atoms. The van der Waals surface area contributed by atoms with Crippen LogP contribution >= 0.6 is 23.1 Å². The molecule has 0 N–H and O–H groups in total. The number of thiophene rings is 1. The van der Waals surface area contributed by atoms with Crippen molar-refractivity contribution in [1.82, 2.24) is 20.2 Å². The summed E-state index contributed by atoms with van der Waals surface area (Å²) >= 11 is 2.25. The summed E-state index contributed by atoms with van der Waals surface area (Å²) in [7, 11) is 1.67. The van der Waals surface area contributed by atoms with Crippen LogP contribution < -0.4 is 0 Å². The number of carbonyl (C=O) groups excluding carboxylic acids is 1. The van der Waals surface area contributed by atoms with Gasteiger partial charge in [0.05, 0.1) is 20.9 Å². The molecule has 0 aliphatic carbocycles. The van der Waals surface area contributed by atoms with Gasteiger partial charge >= 0.3 is 0 Å². The highest BCUT2D eigenvalue weighted by Gasteiger charge is 2.16. The molecule has 0 saturated heterocycles. The normalized spacial score (nSPS) is 10.5. The summed E-state index contributed by atoms with van der Waals surface area (Å²) in [6.45, 7) is 0. The number of aryl methyl sites for hydroxylation is 1. The number of carbonyl (C=O) groups is 1. The van der Waals surface area contributed by atoms with Crippen molar-refractivity contribution in [3.8, 4) is 0 Å². The van der Waals surface area contributed by atoms with Crippen molar-refractivity contribution in [2.24, 2.45) is 7.05 Å². The Labute approximate surface area is 109 Å². The maximum Gasteiger partial charge on any atom is 0.280 e. The van der Waals surface area contributed by atoms with E-state index in [0.717, 1.165) is 11.3 Å². The molecule has 2 aromatic heterocycles. The van der Waals surface area contributed by atoms with Crippen LogP contribution in [-0.2, 0) is 7.05 Å². The number of nitrogens with zero attached hydrogens (tertiary/aromatic N) is 5. The second kappa shape index (κ2) is 5.23. The number of aromatic nitrogens is 4. The summed E-state index contributed by atoms with van der Waals surface area (Å²) in [6.07, 6.45) is 0. The third kappa shape index (κ3) is 2.71. The average molecular weight is 285 g/mol. The van der Waals surface area contributed by atoms with Gasteiger partial charge in [0.25, 0.3) is 5.69 Å². The Balaban J connectivity index is 1.99. The zero-order valence-corrected chi connectivity index (χ0v) is 10.8. The minimum atomic E-state index is -0.521. The number of hydrogen-bond acceptors (Lipinski definition) is 8. The van der Waals surface area contributed by atoms with Crippen LogP contribution in [0.3, 0.4) is 0 Å². The molecule has 10 heteroatoms. The highest BCUT2D eigenvalue weighted by Crippen LogP contribution is 2.23. The number of Topliss-reactive ketones (excluding diaryl/α,β-unsaturated/α-hetero) is 1. The average Bonchev–Trinajstić information content (AvgIpc) is 2.94. The van der Waals surface area contributed by atoms with Gasteiger partial charge in [-0.3, -0.25) is 14.9 Å². The van der Waals surface area contributed by atoms with E-state index in [2.05, 4.69) is 15.5 Å². The molecular weight excluding hydrogens is 278 g/mol. The molecule has 0 aliphatic rings. The minimum Gasteiger partial charge on any atom is -0.292 e. The third-order valence-electron chi connectivity index (χ3n) is 1.98. The summed E-state index contributed by atoms with van der Waals surface area (Å²) < 4.78 is 1.45. The largest absolute Gasteiger partial charge is 0.292 e. The lowest BCUT2D eigenvalue weighted by Crippen LogP contribution is -2.02. The number of hydrogen-bond donors (Lipinski definition) is 0. The standard InChI is InChI=1S/C8H7N5O3S2/c1-12-8(9-10-11-12)18-4-6(14)7-2-5(3-17-7)13(15)16/h2-3H,4H2,1H3. The Morgan fingerprint density at radius 2 is 2.44 bits per heavy atom. The smallest absolute Gasteiger partial charge is 0.280 e. The number of rotatable bonds is 5. The van der Waals surface area contributed by atoms with Crippen LogP contribution in [0.2, 0.25) is 0 Å². The molecular formula is C8H7N5O3S2. The zero-order valence-electron chi connectivity index (χ0n) is 9.14. The highest BCUT2D eigenvalue weighted by molar-refractivity contribution is 7.99. The van der Waals surface area contributed by atoms with Crippen LogP contribution in [-0.4, -0.2) is 36.7 Å². The fraction of sp³-hybridized carbons (Fsp3) is 0.250. The topological polar surface area (TPSA) is 104 Å². The van der Waals surface area contributed by atoms with E-state index in [1.807, 2.05) is 0 Å². The molecule has 0 atom stereocenters. The van der Waals surface area contributed by atoms with E-state index in [9.17, 15) is 14.9 Å². The van der Waals surface area contributed by atoms with E-state index in [4.69, 9.17) is 0 Å². The fourth-order valence-electron chi connectivity index (χ4n) is 1.11. The summed E-state index contributed by atoms with van der Waals surface area (Å²) in [6, 6.07) is 1.28. The Morgan fingerprint density at radius 1 is 1.67 bits per heavy atom. The second-order valence-corrected chi connectivity index (χ2v) is 5.08. The van der Waals surface area contributed by atoms with Gasteiger partial charge in [-0.25, -0.2) is 4.68 Å². The van der Waals surface area contributed by atoms with Crippen LogP contribution in [0.25, 0.3) is 0 Å². The fourth-order valence-corrected chi connectivity index (χ4v) is 2.73. The number of nitro groups is 1. The van der Waals surface area contributed by atoms with E-state index in [1.54, 1.807) is 7.05 Å². The second-order valence-electron chi connectivity index (χ2n) is 3.22. The van der Waals surface area contributed by atoms with Crippen LogP contribution in [0.1, 0.15) is 9.67 Å². The summed E-state index contributed by atoms with van der Waals surface area (Å²) in [5.74, 6) is -0.0348. The molecule has 0 amide bonds. The third-order valence-corrected chi connectivity index (χ3v) is 3.95.